The van der Waals surface area contributed by atoms with E-state index in [0.717, 1.165) is 5.41 Å². The zero-order chi connectivity index (χ0) is 12.4. The van der Waals surface area contributed by atoms with Crippen LogP contribution in [0.5, 0.6) is 0 Å². The molecule has 0 aromatic rings. The van der Waals surface area contributed by atoms with Crippen LogP contribution in [0.2, 0.25) is 0 Å². The number of nitrogens with zero attached hydrogens (tertiary/aromatic N) is 1. The van der Waals surface area contributed by atoms with Crippen LogP contribution in [0.25, 0.3) is 0 Å². The zero-order valence-electron chi connectivity index (χ0n) is 12.3. The highest BCUT2D eigenvalue weighted by atomic mass is 15.1. The predicted molar refractivity (Wildman–Crippen MR) is 74.9 cm³/mol. The fourth-order valence-electron chi connectivity index (χ4n) is 3.01. The van der Waals surface area contributed by atoms with Crippen LogP contribution in [0.3, 0.4) is 0 Å². The molecular formula is C15H33N. The zero-order valence-corrected chi connectivity index (χ0v) is 12.3. The largest absolute Gasteiger partial charge is 0.303 e. The van der Waals surface area contributed by atoms with Crippen molar-refractivity contribution in [1.29, 1.82) is 0 Å². The van der Waals surface area contributed by atoms with E-state index < -0.39 is 0 Å². The second-order valence-electron chi connectivity index (χ2n) is 4.68. The van der Waals surface area contributed by atoms with Gasteiger partial charge in [-0.2, -0.15) is 0 Å². The number of rotatable bonds is 1. The Balaban J connectivity index is 0.000000509. The molecule has 0 unspecified atom stereocenters. The number of hydrogen-bond acceptors (Lipinski definition) is 1. The normalized spacial score (nSPS) is 23.1. The van der Waals surface area contributed by atoms with Crippen molar-refractivity contribution >= 4 is 0 Å². The molecule has 0 amide bonds. The first-order valence-electron chi connectivity index (χ1n) is 7.57. The summed E-state index contributed by atoms with van der Waals surface area (Å²) < 4.78 is 0. The monoisotopic (exact) mass is 227 g/mol. The SMILES string of the molecule is CC.CC.CCN1CCC2(CCCCC2)C1. The third kappa shape index (κ3) is 4.45. The van der Waals surface area contributed by atoms with Crippen molar-refractivity contribution in [2.75, 3.05) is 19.6 Å². The van der Waals surface area contributed by atoms with E-state index in [2.05, 4.69) is 11.8 Å². The van der Waals surface area contributed by atoms with Crippen LogP contribution in [0.1, 0.15) is 73.1 Å². The van der Waals surface area contributed by atoms with Gasteiger partial charge in [-0.15, -0.1) is 0 Å². The smallest absolute Gasteiger partial charge is 0.00383 e. The fourth-order valence-corrected chi connectivity index (χ4v) is 3.01. The molecule has 98 valence electrons. The Kier molecular flexibility index (Phi) is 9.02. The molecule has 1 saturated carbocycles. The van der Waals surface area contributed by atoms with E-state index in [0.29, 0.717) is 0 Å². The summed E-state index contributed by atoms with van der Waals surface area (Å²) in [6.45, 7) is 14.3. The second-order valence-corrected chi connectivity index (χ2v) is 4.68. The number of likely N-dealkylation sites (tertiary alicyclic amines) is 1. The highest BCUT2D eigenvalue weighted by Gasteiger charge is 2.37. The van der Waals surface area contributed by atoms with E-state index in [-0.39, 0.29) is 0 Å². The molecule has 2 rings (SSSR count). The van der Waals surface area contributed by atoms with E-state index in [1.54, 1.807) is 0 Å². The van der Waals surface area contributed by atoms with Crippen molar-refractivity contribution in [3.8, 4) is 0 Å². The third-order valence-corrected chi connectivity index (χ3v) is 3.88. The van der Waals surface area contributed by atoms with Gasteiger partial charge in [0.15, 0.2) is 0 Å². The van der Waals surface area contributed by atoms with Crippen LogP contribution in [-0.4, -0.2) is 24.5 Å². The van der Waals surface area contributed by atoms with Crippen LogP contribution in [0.4, 0.5) is 0 Å². The minimum absolute atomic E-state index is 0.772. The van der Waals surface area contributed by atoms with Crippen molar-refractivity contribution in [3.05, 3.63) is 0 Å². The standard InChI is InChI=1S/C11H21N.2C2H6/c1-2-12-9-8-11(10-12)6-4-3-5-7-11;2*1-2/h2-10H2,1H3;2*1-2H3. The van der Waals surface area contributed by atoms with Gasteiger partial charge in [-0.05, 0) is 37.8 Å². The van der Waals surface area contributed by atoms with Gasteiger partial charge in [0.05, 0.1) is 0 Å². The molecule has 0 N–H and O–H groups in total. The van der Waals surface area contributed by atoms with Crippen molar-refractivity contribution in [3.63, 3.8) is 0 Å². The molecule has 2 fully saturated rings. The lowest BCUT2D eigenvalue weighted by molar-refractivity contribution is 0.188. The average Bonchev–Trinajstić information content (AvgIpc) is 2.78. The average molecular weight is 227 g/mol. The molecule has 0 aromatic heterocycles. The van der Waals surface area contributed by atoms with Gasteiger partial charge in [-0.25, -0.2) is 0 Å². The van der Waals surface area contributed by atoms with E-state index >= 15 is 0 Å². The summed E-state index contributed by atoms with van der Waals surface area (Å²) >= 11 is 0. The topological polar surface area (TPSA) is 3.24 Å². The predicted octanol–water partition coefficient (Wildman–Crippen LogP) is 4.71. The van der Waals surface area contributed by atoms with Gasteiger partial charge in [-0.1, -0.05) is 53.9 Å². The Morgan fingerprint density at radius 1 is 0.875 bits per heavy atom. The van der Waals surface area contributed by atoms with Crippen molar-refractivity contribution in [2.45, 2.75) is 73.1 Å². The van der Waals surface area contributed by atoms with Crippen LogP contribution >= 0.6 is 0 Å². The Morgan fingerprint density at radius 3 is 1.88 bits per heavy atom. The van der Waals surface area contributed by atoms with Gasteiger partial charge in [0, 0.05) is 6.54 Å². The summed E-state index contributed by atoms with van der Waals surface area (Å²) in [5.74, 6) is 0. The lowest BCUT2D eigenvalue weighted by atomic mass is 9.73. The minimum Gasteiger partial charge on any atom is -0.303 e. The molecule has 2 aliphatic rings. The molecule has 1 heterocycles. The van der Waals surface area contributed by atoms with Crippen molar-refractivity contribution in [1.82, 2.24) is 4.90 Å². The lowest BCUT2D eigenvalue weighted by Crippen LogP contribution is -2.29. The third-order valence-electron chi connectivity index (χ3n) is 3.88. The lowest BCUT2D eigenvalue weighted by Gasteiger charge is -2.33. The number of hydrogen-bond donors (Lipinski definition) is 0. The molecule has 1 heteroatoms. The van der Waals surface area contributed by atoms with E-state index in [9.17, 15) is 0 Å². The summed E-state index contributed by atoms with van der Waals surface area (Å²) in [5, 5.41) is 0. The maximum Gasteiger partial charge on any atom is 0.00383 e. The van der Waals surface area contributed by atoms with Crippen molar-refractivity contribution in [2.24, 2.45) is 5.41 Å². The quantitative estimate of drug-likeness (QED) is 0.627. The Labute approximate surface area is 104 Å². The molecule has 0 atom stereocenters. The van der Waals surface area contributed by atoms with Gasteiger partial charge in [-0.3, -0.25) is 0 Å². The van der Waals surface area contributed by atoms with Crippen LogP contribution in [0, 0.1) is 5.41 Å². The first-order chi connectivity index (χ1) is 7.85. The second kappa shape index (κ2) is 9.04. The maximum atomic E-state index is 2.63. The Hall–Kier alpha value is -0.0400. The van der Waals surface area contributed by atoms with Gasteiger partial charge >= 0.3 is 0 Å². The Morgan fingerprint density at radius 2 is 1.44 bits per heavy atom. The molecule has 0 bridgehead atoms. The molecule has 0 radical (unpaired) electrons. The maximum absolute atomic E-state index is 2.63. The first-order valence-corrected chi connectivity index (χ1v) is 7.57. The molecule has 1 nitrogen and oxygen atoms in total. The van der Waals surface area contributed by atoms with Crippen LogP contribution in [0.15, 0.2) is 0 Å². The fraction of sp³-hybridized carbons (Fsp3) is 1.00. The van der Waals surface area contributed by atoms with E-state index in [4.69, 9.17) is 0 Å². The summed E-state index contributed by atoms with van der Waals surface area (Å²) in [4.78, 5) is 2.63. The summed E-state index contributed by atoms with van der Waals surface area (Å²) in [6.07, 6.45) is 9.01. The molecular weight excluding hydrogens is 194 g/mol. The van der Waals surface area contributed by atoms with Crippen molar-refractivity contribution < 1.29 is 0 Å². The van der Waals surface area contributed by atoms with Gasteiger partial charge in [0.1, 0.15) is 0 Å². The summed E-state index contributed by atoms with van der Waals surface area (Å²) in [6, 6.07) is 0. The molecule has 16 heavy (non-hydrogen) atoms. The molecule has 1 saturated heterocycles. The molecule has 0 aromatic carbocycles. The first kappa shape index (κ1) is 16.0. The molecule has 1 spiro atoms. The summed E-state index contributed by atoms with van der Waals surface area (Å²) in [7, 11) is 0. The highest BCUT2D eigenvalue weighted by Crippen LogP contribution is 2.43. The van der Waals surface area contributed by atoms with Gasteiger partial charge in [0.25, 0.3) is 0 Å². The van der Waals surface area contributed by atoms with E-state index in [1.807, 2.05) is 27.7 Å². The van der Waals surface area contributed by atoms with Gasteiger partial charge in [0.2, 0.25) is 0 Å². The van der Waals surface area contributed by atoms with Crippen LogP contribution in [-0.2, 0) is 0 Å². The summed E-state index contributed by atoms with van der Waals surface area (Å²) in [5.41, 5.74) is 0.772. The van der Waals surface area contributed by atoms with Gasteiger partial charge < -0.3 is 4.90 Å². The molecule has 1 aliphatic carbocycles. The van der Waals surface area contributed by atoms with Crippen LogP contribution < -0.4 is 0 Å². The highest BCUT2D eigenvalue weighted by molar-refractivity contribution is 4.91. The van der Waals surface area contributed by atoms with E-state index in [1.165, 1.54) is 58.2 Å². The molecule has 1 aliphatic heterocycles. The Bertz CT molecular complexity index is 148. The minimum atomic E-state index is 0.772.